The molecule has 11 nitrogen and oxygen atoms in total. The first-order valence-electron chi connectivity index (χ1n) is 13.5. The molecule has 0 aromatic carbocycles. The SMILES string of the molecule is CC(C)CNC(=O)CONC(=O)c1cccc(C=O)n1.CC(C)CNC=O.CCC.CNOC(C)CC(C)C. The standard InChI is InChI=1S/C13H17N3O4.C7H17NO.C5H11NO.C3H8/c1-9(2)6-14-12(18)8-20-16-13(19)11-5-3-4-10(7-17)15-11;1-6(2)5-7(3)9-8-4;1-5(2)3-6-4-7;1-3-2/h3-5,7,9H,6,8H2,1-2H3,(H,14,18)(H,16,19);6-8H,5H2,1-4H3;4-5H,3H2,1-2H3,(H,6,7);3H2,1-2H3. The normalized spacial score (nSPS) is 10.6. The van der Waals surface area contributed by atoms with Gasteiger partial charge in [0.15, 0.2) is 12.9 Å². The van der Waals surface area contributed by atoms with Crippen molar-refractivity contribution in [1.29, 1.82) is 0 Å². The minimum atomic E-state index is -0.620. The molecule has 0 saturated heterocycles. The van der Waals surface area contributed by atoms with E-state index in [-0.39, 0.29) is 23.9 Å². The Morgan fingerprint density at radius 3 is 1.97 bits per heavy atom. The van der Waals surface area contributed by atoms with Crippen molar-refractivity contribution < 1.29 is 28.9 Å². The number of pyridine rings is 1. The van der Waals surface area contributed by atoms with Gasteiger partial charge < -0.3 is 10.6 Å². The minimum absolute atomic E-state index is 0.0391. The number of carbonyl (C=O) groups excluding carboxylic acids is 4. The van der Waals surface area contributed by atoms with Gasteiger partial charge in [0.25, 0.3) is 5.91 Å². The second kappa shape index (κ2) is 28.1. The zero-order chi connectivity index (χ0) is 30.6. The molecule has 0 spiro atoms. The van der Waals surface area contributed by atoms with Crippen molar-refractivity contribution in [1.82, 2.24) is 26.6 Å². The quantitative estimate of drug-likeness (QED) is 0.201. The third-order valence-corrected chi connectivity index (χ3v) is 3.93. The summed E-state index contributed by atoms with van der Waals surface area (Å²) in [5.74, 6) is 0.668. The molecule has 1 atom stereocenters. The molecule has 0 radical (unpaired) electrons. The van der Waals surface area contributed by atoms with Gasteiger partial charge in [-0.05, 0) is 43.2 Å². The molecule has 3 amide bonds. The van der Waals surface area contributed by atoms with E-state index in [9.17, 15) is 19.2 Å². The number of aromatic nitrogens is 1. The lowest BCUT2D eigenvalue weighted by Crippen LogP contribution is -2.34. The van der Waals surface area contributed by atoms with Gasteiger partial charge in [-0.15, -0.1) is 0 Å². The fourth-order valence-corrected chi connectivity index (χ4v) is 2.43. The summed E-state index contributed by atoms with van der Waals surface area (Å²) in [5, 5.41) is 5.20. The second-order valence-electron chi connectivity index (χ2n) is 9.87. The van der Waals surface area contributed by atoms with Gasteiger partial charge >= 0.3 is 0 Å². The van der Waals surface area contributed by atoms with E-state index in [1.807, 2.05) is 13.8 Å². The Labute approximate surface area is 235 Å². The highest BCUT2D eigenvalue weighted by Gasteiger charge is 2.09. The zero-order valence-corrected chi connectivity index (χ0v) is 25.6. The van der Waals surface area contributed by atoms with Gasteiger partial charge in [-0.1, -0.05) is 67.9 Å². The summed E-state index contributed by atoms with van der Waals surface area (Å²) >= 11 is 0. The van der Waals surface area contributed by atoms with Crippen LogP contribution in [-0.4, -0.2) is 62.3 Å². The number of aldehydes is 1. The Hall–Kier alpha value is -2.89. The number of rotatable bonds is 14. The summed E-state index contributed by atoms with van der Waals surface area (Å²) in [6, 6.07) is 4.44. The number of hydroxylamine groups is 2. The number of nitrogens with one attached hydrogen (secondary N) is 4. The number of amides is 3. The van der Waals surface area contributed by atoms with Crippen LogP contribution in [0.15, 0.2) is 18.2 Å². The smallest absolute Gasteiger partial charge is 0.293 e. The van der Waals surface area contributed by atoms with E-state index in [2.05, 4.69) is 75.0 Å². The van der Waals surface area contributed by atoms with Gasteiger partial charge in [0.05, 0.1) is 6.10 Å². The predicted octanol–water partition coefficient (Wildman–Crippen LogP) is 3.70. The summed E-state index contributed by atoms with van der Waals surface area (Å²) in [6.45, 7) is 19.8. The maximum atomic E-state index is 11.6. The van der Waals surface area contributed by atoms with Crippen LogP contribution in [0.1, 0.15) is 96.1 Å². The van der Waals surface area contributed by atoms with Crippen molar-refractivity contribution in [2.24, 2.45) is 17.8 Å². The lowest BCUT2D eigenvalue weighted by molar-refractivity contribution is -0.127. The van der Waals surface area contributed by atoms with Crippen molar-refractivity contribution in [2.75, 3.05) is 26.7 Å². The van der Waals surface area contributed by atoms with Crippen LogP contribution < -0.4 is 21.6 Å². The summed E-state index contributed by atoms with van der Waals surface area (Å²) in [7, 11) is 1.79. The minimum Gasteiger partial charge on any atom is -0.358 e. The topological polar surface area (TPSA) is 148 Å². The van der Waals surface area contributed by atoms with E-state index in [0.717, 1.165) is 19.4 Å². The highest BCUT2D eigenvalue weighted by molar-refractivity contribution is 5.92. The third kappa shape index (κ3) is 31.2. The van der Waals surface area contributed by atoms with Gasteiger partial charge in [0, 0.05) is 20.1 Å². The lowest BCUT2D eigenvalue weighted by Gasteiger charge is -2.12. The first-order valence-corrected chi connectivity index (χ1v) is 13.5. The van der Waals surface area contributed by atoms with E-state index in [1.165, 1.54) is 24.6 Å². The average molecular weight is 556 g/mol. The molecular weight excluding hydrogens is 502 g/mol. The van der Waals surface area contributed by atoms with E-state index in [0.29, 0.717) is 36.7 Å². The lowest BCUT2D eigenvalue weighted by atomic mass is 10.1. The number of hydrogen-bond acceptors (Lipinski definition) is 8. The van der Waals surface area contributed by atoms with Crippen LogP contribution >= 0.6 is 0 Å². The molecule has 39 heavy (non-hydrogen) atoms. The van der Waals surface area contributed by atoms with Crippen LogP contribution in [0.25, 0.3) is 0 Å². The molecule has 11 heteroatoms. The fraction of sp³-hybridized carbons (Fsp3) is 0.679. The van der Waals surface area contributed by atoms with Crippen molar-refractivity contribution in [2.45, 2.75) is 81.3 Å². The summed E-state index contributed by atoms with van der Waals surface area (Å²) in [4.78, 5) is 56.7. The Bertz CT molecular complexity index is 760. The Kier molecular flexibility index (Phi) is 29.3. The molecular formula is C28H53N5O6. The maximum Gasteiger partial charge on any atom is 0.293 e. The van der Waals surface area contributed by atoms with Crippen molar-refractivity contribution >= 4 is 24.5 Å². The molecule has 0 saturated carbocycles. The maximum absolute atomic E-state index is 11.6. The number of carbonyl (C=O) groups is 4. The number of hydrogen-bond donors (Lipinski definition) is 4. The van der Waals surface area contributed by atoms with E-state index in [1.54, 1.807) is 7.05 Å². The molecule has 1 rings (SSSR count). The van der Waals surface area contributed by atoms with Crippen molar-refractivity contribution in [3.63, 3.8) is 0 Å². The largest absolute Gasteiger partial charge is 0.358 e. The number of nitrogens with zero attached hydrogens (tertiary/aromatic N) is 1. The molecule has 1 aromatic rings. The highest BCUT2D eigenvalue weighted by atomic mass is 16.7. The fourth-order valence-electron chi connectivity index (χ4n) is 2.43. The third-order valence-electron chi connectivity index (χ3n) is 3.93. The predicted molar refractivity (Wildman–Crippen MR) is 155 cm³/mol. The molecule has 0 aliphatic heterocycles. The molecule has 0 bridgehead atoms. The van der Waals surface area contributed by atoms with Gasteiger partial charge in [-0.3, -0.25) is 28.9 Å². The highest BCUT2D eigenvalue weighted by Crippen LogP contribution is 2.05. The van der Waals surface area contributed by atoms with Crippen LogP contribution in [0.5, 0.6) is 0 Å². The molecule has 4 N–H and O–H groups in total. The first kappa shape index (κ1) is 40.6. The molecule has 1 aromatic heterocycles. The van der Waals surface area contributed by atoms with E-state index in [4.69, 9.17) is 9.68 Å². The molecule has 0 aliphatic rings. The van der Waals surface area contributed by atoms with Crippen LogP contribution in [0.2, 0.25) is 0 Å². The summed E-state index contributed by atoms with van der Waals surface area (Å²) in [6.07, 6.45) is 3.95. The van der Waals surface area contributed by atoms with Gasteiger partial charge in [-0.25, -0.2) is 15.9 Å². The average Bonchev–Trinajstić information content (AvgIpc) is 2.87. The molecule has 0 fully saturated rings. The van der Waals surface area contributed by atoms with Gasteiger partial charge in [-0.2, -0.15) is 0 Å². The molecule has 226 valence electrons. The van der Waals surface area contributed by atoms with Crippen LogP contribution in [-0.2, 0) is 19.3 Å². The Morgan fingerprint density at radius 1 is 0.949 bits per heavy atom. The van der Waals surface area contributed by atoms with Crippen molar-refractivity contribution in [3.05, 3.63) is 29.6 Å². The summed E-state index contributed by atoms with van der Waals surface area (Å²) < 4.78 is 0. The van der Waals surface area contributed by atoms with E-state index < -0.39 is 5.91 Å². The molecule has 1 unspecified atom stereocenters. The van der Waals surface area contributed by atoms with Crippen LogP contribution in [0.3, 0.4) is 0 Å². The van der Waals surface area contributed by atoms with Gasteiger partial charge in [0.2, 0.25) is 12.3 Å². The second-order valence-corrected chi connectivity index (χ2v) is 9.87. The first-order chi connectivity index (χ1) is 18.4. The Balaban J connectivity index is -0.000000562. The summed E-state index contributed by atoms with van der Waals surface area (Å²) in [5.41, 5.74) is 4.95. The zero-order valence-electron chi connectivity index (χ0n) is 25.6. The Morgan fingerprint density at radius 2 is 1.54 bits per heavy atom. The van der Waals surface area contributed by atoms with Crippen LogP contribution in [0.4, 0.5) is 0 Å². The molecule has 1 heterocycles. The van der Waals surface area contributed by atoms with Crippen molar-refractivity contribution in [3.8, 4) is 0 Å². The monoisotopic (exact) mass is 555 g/mol. The molecule has 0 aliphatic carbocycles. The van der Waals surface area contributed by atoms with E-state index >= 15 is 0 Å². The van der Waals surface area contributed by atoms with Crippen LogP contribution in [0, 0.1) is 17.8 Å². The van der Waals surface area contributed by atoms with Gasteiger partial charge in [0.1, 0.15) is 11.4 Å².